The SMILES string of the molecule is [C-]#[N+]c1nc(Cl)c(Cl)nc1C#N.[C-]#[N+]c1nc(OC)c(OCc2ccccc2)nc1C#N. The van der Waals surface area contributed by atoms with Crippen LogP contribution in [-0.2, 0) is 6.61 Å². The molecule has 0 N–H and O–H groups in total. The minimum atomic E-state index is -0.132. The van der Waals surface area contributed by atoms with Gasteiger partial charge >= 0.3 is 23.4 Å². The third-order valence-corrected chi connectivity index (χ3v) is 4.07. The average Bonchev–Trinajstić information content (AvgIpc) is 2.84. The van der Waals surface area contributed by atoms with E-state index >= 15 is 0 Å². The molecule has 0 unspecified atom stereocenters. The number of hydrogen-bond acceptors (Lipinski definition) is 8. The fourth-order valence-corrected chi connectivity index (χ4v) is 2.29. The van der Waals surface area contributed by atoms with Gasteiger partial charge in [0.15, 0.2) is 16.5 Å². The lowest BCUT2D eigenvalue weighted by atomic mass is 10.2. The van der Waals surface area contributed by atoms with E-state index in [9.17, 15) is 0 Å². The summed E-state index contributed by atoms with van der Waals surface area (Å²) in [6.45, 7) is 13.8. The molecule has 1 aromatic carbocycles. The first-order chi connectivity index (χ1) is 15.5. The number of hydrogen-bond donors (Lipinski definition) is 0. The van der Waals surface area contributed by atoms with Gasteiger partial charge < -0.3 is 19.2 Å². The lowest BCUT2D eigenvalue weighted by Gasteiger charge is -2.07. The Morgan fingerprint density at radius 1 is 0.875 bits per heavy atom. The lowest BCUT2D eigenvalue weighted by Crippen LogP contribution is -2.02. The Morgan fingerprint density at radius 2 is 1.44 bits per heavy atom. The van der Waals surface area contributed by atoms with Gasteiger partial charge in [-0.2, -0.15) is 10.5 Å². The van der Waals surface area contributed by atoms with Crippen molar-refractivity contribution >= 4 is 34.8 Å². The van der Waals surface area contributed by atoms with Crippen LogP contribution in [0.3, 0.4) is 0 Å². The minimum absolute atomic E-state index is 0.0679. The predicted molar refractivity (Wildman–Crippen MR) is 113 cm³/mol. The molecule has 0 aliphatic heterocycles. The summed E-state index contributed by atoms with van der Waals surface area (Å²) in [5.74, 6) is -0.0467. The van der Waals surface area contributed by atoms with Crippen molar-refractivity contribution in [3.8, 4) is 23.9 Å². The zero-order chi connectivity index (χ0) is 23.5. The predicted octanol–water partition coefficient (Wildman–Crippen LogP) is 4.69. The number of methoxy groups -OCH3 is 1. The summed E-state index contributed by atoms with van der Waals surface area (Å²) in [4.78, 5) is 21.1. The zero-order valence-electron chi connectivity index (χ0n) is 16.2. The van der Waals surface area contributed by atoms with Crippen LogP contribution in [-0.4, -0.2) is 27.0 Å². The molecule has 0 saturated heterocycles. The fraction of sp³-hybridized carbons (Fsp3) is 0.100. The average molecular weight is 465 g/mol. The number of halogens is 2. The van der Waals surface area contributed by atoms with Gasteiger partial charge in [-0.05, 0) is 17.2 Å². The molecule has 0 saturated carbocycles. The molecule has 156 valence electrons. The molecule has 32 heavy (non-hydrogen) atoms. The van der Waals surface area contributed by atoms with E-state index in [1.54, 1.807) is 6.07 Å². The van der Waals surface area contributed by atoms with Gasteiger partial charge in [-0.15, -0.1) is 4.98 Å². The van der Waals surface area contributed by atoms with Crippen molar-refractivity contribution in [2.45, 2.75) is 6.61 Å². The quantitative estimate of drug-likeness (QED) is 0.508. The second-order valence-electron chi connectivity index (χ2n) is 5.41. The molecular formula is C20H10Cl2N8O2. The molecule has 3 rings (SSSR count). The van der Waals surface area contributed by atoms with Gasteiger partial charge in [0.05, 0.1) is 7.11 Å². The summed E-state index contributed by atoms with van der Waals surface area (Å²) in [7, 11) is 1.40. The molecule has 0 fully saturated rings. The van der Waals surface area contributed by atoms with E-state index in [1.165, 1.54) is 7.11 Å². The van der Waals surface area contributed by atoms with Crippen LogP contribution < -0.4 is 9.47 Å². The van der Waals surface area contributed by atoms with Crippen LogP contribution in [0.2, 0.25) is 10.3 Å². The van der Waals surface area contributed by atoms with Crippen molar-refractivity contribution in [2.75, 3.05) is 7.11 Å². The van der Waals surface area contributed by atoms with E-state index in [2.05, 4.69) is 29.6 Å². The van der Waals surface area contributed by atoms with Gasteiger partial charge in [0.25, 0.3) is 5.15 Å². The first-order valence-electron chi connectivity index (χ1n) is 8.38. The van der Waals surface area contributed by atoms with E-state index in [-0.39, 0.29) is 51.7 Å². The second-order valence-corrected chi connectivity index (χ2v) is 6.13. The van der Waals surface area contributed by atoms with Crippen LogP contribution in [0.15, 0.2) is 30.3 Å². The third-order valence-electron chi connectivity index (χ3n) is 3.45. The highest BCUT2D eigenvalue weighted by Crippen LogP contribution is 2.28. The van der Waals surface area contributed by atoms with Crippen molar-refractivity contribution in [3.05, 3.63) is 80.4 Å². The molecule has 0 aliphatic carbocycles. The molecule has 2 aromatic heterocycles. The first-order valence-corrected chi connectivity index (χ1v) is 9.13. The van der Waals surface area contributed by atoms with Crippen molar-refractivity contribution in [1.82, 2.24) is 19.9 Å². The smallest absolute Gasteiger partial charge is 0.373 e. The van der Waals surface area contributed by atoms with Gasteiger partial charge in [-0.25, -0.2) is 9.97 Å². The standard InChI is InChI=1S/C14H10N4O2.C6Cl2N4/c1-16-12-11(8-15)17-14(13(18-12)19-2)20-9-10-6-4-3-5-7-10;1-10-6-3(2-9)11-4(7)5(8)12-6/h3-7H,9H2,2H3;. The summed E-state index contributed by atoms with van der Waals surface area (Å²) < 4.78 is 10.5. The van der Waals surface area contributed by atoms with Crippen LogP contribution >= 0.6 is 23.2 Å². The maximum atomic E-state index is 8.93. The van der Waals surface area contributed by atoms with E-state index in [1.807, 2.05) is 36.4 Å². The van der Waals surface area contributed by atoms with E-state index < -0.39 is 0 Å². The van der Waals surface area contributed by atoms with Gasteiger partial charge in [0.1, 0.15) is 18.7 Å². The highest BCUT2D eigenvalue weighted by molar-refractivity contribution is 6.40. The van der Waals surface area contributed by atoms with Crippen molar-refractivity contribution in [3.63, 3.8) is 0 Å². The second kappa shape index (κ2) is 11.6. The number of ether oxygens (including phenoxy) is 2. The number of rotatable bonds is 4. The Hall–Kier alpha value is -4.48. The molecule has 12 heteroatoms. The lowest BCUT2D eigenvalue weighted by molar-refractivity contribution is 0.267. The Balaban J connectivity index is 0.000000258. The molecule has 3 aromatic rings. The van der Waals surface area contributed by atoms with E-state index in [0.717, 1.165) is 5.56 Å². The molecule has 10 nitrogen and oxygen atoms in total. The van der Waals surface area contributed by atoms with Crippen molar-refractivity contribution in [2.24, 2.45) is 0 Å². The van der Waals surface area contributed by atoms with Crippen LogP contribution in [0.1, 0.15) is 17.0 Å². The Bertz CT molecular complexity index is 1250. The summed E-state index contributed by atoms with van der Waals surface area (Å²) in [6.07, 6.45) is 0. The highest BCUT2D eigenvalue weighted by atomic mass is 35.5. The van der Waals surface area contributed by atoms with Crippen molar-refractivity contribution < 1.29 is 9.47 Å². The number of nitrogens with zero attached hydrogens (tertiary/aromatic N) is 8. The normalized spacial score (nSPS) is 9.09. The molecular weight excluding hydrogens is 455 g/mol. The van der Waals surface area contributed by atoms with Gasteiger partial charge in [0.2, 0.25) is 0 Å². The minimum Gasteiger partial charge on any atom is -0.467 e. The highest BCUT2D eigenvalue weighted by Gasteiger charge is 2.18. The van der Waals surface area contributed by atoms with Gasteiger partial charge in [-0.3, -0.25) is 0 Å². The third kappa shape index (κ3) is 6.01. The maximum absolute atomic E-state index is 8.93. The Morgan fingerprint density at radius 3 is 2.00 bits per heavy atom. The first kappa shape index (κ1) is 23.8. The number of benzene rings is 1. The molecule has 0 aliphatic rings. The molecule has 2 heterocycles. The largest absolute Gasteiger partial charge is 0.467 e. The zero-order valence-corrected chi connectivity index (χ0v) is 17.8. The summed E-state index contributed by atoms with van der Waals surface area (Å²) in [6, 6.07) is 13.0. The van der Waals surface area contributed by atoms with Crippen LogP contribution in [0.25, 0.3) is 9.69 Å². The summed E-state index contributed by atoms with van der Waals surface area (Å²) in [5.41, 5.74) is 0.757. The van der Waals surface area contributed by atoms with Crippen LogP contribution in [0, 0.1) is 35.8 Å². The topological polar surface area (TPSA) is 126 Å². The molecule has 0 radical (unpaired) electrons. The Kier molecular flexibility index (Phi) is 8.66. The van der Waals surface area contributed by atoms with Crippen LogP contribution in [0.4, 0.5) is 11.6 Å². The van der Waals surface area contributed by atoms with Crippen LogP contribution in [0.5, 0.6) is 11.8 Å². The monoisotopic (exact) mass is 464 g/mol. The van der Waals surface area contributed by atoms with Gasteiger partial charge in [-0.1, -0.05) is 60.1 Å². The Labute approximate surface area is 192 Å². The fourth-order valence-electron chi connectivity index (χ4n) is 2.04. The van der Waals surface area contributed by atoms with Gasteiger partial charge in [0, 0.05) is 0 Å². The summed E-state index contributed by atoms with van der Waals surface area (Å²) >= 11 is 10.9. The molecule has 0 bridgehead atoms. The molecule has 0 amide bonds. The number of aromatic nitrogens is 4. The maximum Gasteiger partial charge on any atom is 0.373 e. The van der Waals surface area contributed by atoms with E-state index in [4.69, 9.17) is 56.3 Å². The number of nitriles is 2. The summed E-state index contributed by atoms with van der Waals surface area (Å²) in [5, 5.41) is 17.3. The molecule has 0 spiro atoms. The van der Waals surface area contributed by atoms with Crippen molar-refractivity contribution in [1.29, 1.82) is 10.5 Å². The molecule has 0 atom stereocenters. The van der Waals surface area contributed by atoms with E-state index in [0.29, 0.717) is 0 Å².